The zero-order chi connectivity index (χ0) is 33.8. The van der Waals surface area contributed by atoms with Crippen LogP contribution in [-0.2, 0) is 10.8 Å². The van der Waals surface area contributed by atoms with Crippen molar-refractivity contribution in [2.75, 3.05) is 4.90 Å². The highest BCUT2D eigenvalue weighted by Gasteiger charge is 2.37. The highest BCUT2D eigenvalue weighted by Crippen LogP contribution is 2.54. The Hall–Kier alpha value is -5.44. The molecule has 0 unspecified atom stereocenters. The Morgan fingerprint density at radius 3 is 1.76 bits per heavy atom. The summed E-state index contributed by atoms with van der Waals surface area (Å²) >= 11 is 1.88. The SMILES string of the molecule is CC1(C)c2ccccc2-c2cc(N(c3ccc4c(c3)C(C)(C)c3ccccc3-4)c3ccccc3-c3ccc4c(c3)sc3ccccc34)ccc21. The summed E-state index contributed by atoms with van der Waals surface area (Å²) in [7, 11) is 0. The first-order valence-corrected chi connectivity index (χ1v) is 18.4. The Morgan fingerprint density at radius 2 is 0.960 bits per heavy atom. The van der Waals surface area contributed by atoms with Gasteiger partial charge in [-0.25, -0.2) is 0 Å². The first-order chi connectivity index (χ1) is 24.3. The molecule has 0 aliphatic heterocycles. The van der Waals surface area contributed by atoms with Gasteiger partial charge in [-0.1, -0.05) is 137 Å². The van der Waals surface area contributed by atoms with E-state index >= 15 is 0 Å². The molecule has 2 heteroatoms. The maximum atomic E-state index is 2.50. The van der Waals surface area contributed by atoms with E-state index in [0.717, 1.165) is 0 Å². The van der Waals surface area contributed by atoms with Crippen LogP contribution < -0.4 is 4.90 Å². The van der Waals surface area contributed by atoms with E-state index in [9.17, 15) is 0 Å². The van der Waals surface area contributed by atoms with Crippen molar-refractivity contribution in [1.29, 1.82) is 0 Å². The lowest BCUT2D eigenvalue weighted by Gasteiger charge is -2.30. The van der Waals surface area contributed by atoms with Gasteiger partial charge < -0.3 is 4.90 Å². The Labute approximate surface area is 298 Å². The number of fused-ring (bicyclic) bond motifs is 9. The summed E-state index contributed by atoms with van der Waals surface area (Å²) in [5, 5.41) is 2.65. The van der Waals surface area contributed by atoms with E-state index in [-0.39, 0.29) is 10.8 Å². The second-order valence-electron chi connectivity index (χ2n) is 15.0. The molecule has 8 aromatic rings. The molecule has 0 saturated carbocycles. The standard InChI is InChI=1S/C48H37NS/c1-47(2)41-18-10-6-15-35(41)39-28-31(23-26-42(39)47)49(32-22-25-36-34-14-5-9-17-40(34)48(3,4)43(36)29-32)44-19-11-7-13-33(44)30-21-24-38-37-16-8-12-20-45(37)50-46(38)27-30/h5-29H,1-4H3. The highest BCUT2D eigenvalue weighted by molar-refractivity contribution is 7.25. The minimum Gasteiger partial charge on any atom is -0.310 e. The van der Waals surface area contributed by atoms with E-state index in [4.69, 9.17) is 0 Å². The van der Waals surface area contributed by atoms with Crippen LogP contribution in [0.1, 0.15) is 49.9 Å². The van der Waals surface area contributed by atoms with Gasteiger partial charge in [0.05, 0.1) is 5.69 Å². The lowest BCUT2D eigenvalue weighted by Crippen LogP contribution is -2.17. The van der Waals surface area contributed by atoms with Crippen LogP contribution in [0.2, 0.25) is 0 Å². The molecule has 2 aliphatic carbocycles. The molecule has 1 nitrogen and oxygen atoms in total. The van der Waals surface area contributed by atoms with Crippen LogP contribution in [0.3, 0.4) is 0 Å². The molecule has 0 saturated heterocycles. The van der Waals surface area contributed by atoms with Crippen LogP contribution in [0.5, 0.6) is 0 Å². The molecule has 1 aromatic heterocycles. The number of anilines is 3. The van der Waals surface area contributed by atoms with E-state index in [1.807, 2.05) is 11.3 Å². The molecular weight excluding hydrogens is 623 g/mol. The van der Waals surface area contributed by atoms with E-state index in [0.29, 0.717) is 0 Å². The van der Waals surface area contributed by atoms with Crippen LogP contribution in [0.15, 0.2) is 152 Å². The number of rotatable bonds is 4. The topological polar surface area (TPSA) is 3.24 Å². The Balaban J connectivity index is 1.20. The number of hydrogen-bond donors (Lipinski definition) is 0. The summed E-state index contributed by atoms with van der Waals surface area (Å²) in [6.45, 7) is 9.45. The Bertz CT molecular complexity index is 2670. The van der Waals surface area contributed by atoms with Crippen molar-refractivity contribution in [2.24, 2.45) is 0 Å². The van der Waals surface area contributed by atoms with Gasteiger partial charge in [0.15, 0.2) is 0 Å². The maximum Gasteiger partial charge on any atom is 0.0540 e. The summed E-state index contributed by atoms with van der Waals surface area (Å²) in [6, 6.07) is 56.8. The lowest BCUT2D eigenvalue weighted by atomic mass is 9.82. The number of para-hydroxylation sites is 1. The van der Waals surface area contributed by atoms with Gasteiger partial charge in [-0.2, -0.15) is 0 Å². The van der Waals surface area contributed by atoms with Gasteiger partial charge in [-0.3, -0.25) is 0 Å². The molecule has 50 heavy (non-hydrogen) atoms. The summed E-state index contributed by atoms with van der Waals surface area (Å²) in [5.41, 5.74) is 16.7. The van der Waals surface area contributed by atoms with Crippen LogP contribution in [0.25, 0.3) is 53.6 Å². The van der Waals surface area contributed by atoms with Crippen LogP contribution in [0, 0.1) is 0 Å². The summed E-state index contributed by atoms with van der Waals surface area (Å²) in [4.78, 5) is 2.50. The quantitative estimate of drug-likeness (QED) is 0.182. The second kappa shape index (κ2) is 10.5. The Kier molecular flexibility index (Phi) is 6.21. The molecular formula is C48H37NS. The van der Waals surface area contributed by atoms with Crippen molar-refractivity contribution < 1.29 is 0 Å². The van der Waals surface area contributed by atoms with Crippen molar-refractivity contribution in [3.63, 3.8) is 0 Å². The fraction of sp³-hybridized carbons (Fsp3) is 0.125. The third-order valence-electron chi connectivity index (χ3n) is 11.5. The first-order valence-electron chi connectivity index (χ1n) is 17.6. The molecule has 0 amide bonds. The normalized spacial score (nSPS) is 14.7. The zero-order valence-corrected chi connectivity index (χ0v) is 29.6. The third-order valence-corrected chi connectivity index (χ3v) is 12.6. The predicted octanol–water partition coefficient (Wildman–Crippen LogP) is 13.8. The van der Waals surface area contributed by atoms with Crippen LogP contribution in [0.4, 0.5) is 17.1 Å². The fourth-order valence-electron chi connectivity index (χ4n) is 8.91. The molecule has 0 atom stereocenters. The van der Waals surface area contributed by atoms with Crippen molar-refractivity contribution in [3.8, 4) is 33.4 Å². The predicted molar refractivity (Wildman–Crippen MR) is 215 cm³/mol. The molecule has 0 bridgehead atoms. The van der Waals surface area contributed by atoms with Crippen molar-refractivity contribution >= 4 is 48.6 Å². The van der Waals surface area contributed by atoms with Crippen LogP contribution in [-0.4, -0.2) is 0 Å². The number of thiophene rings is 1. The molecule has 2 aliphatic rings. The molecule has 10 rings (SSSR count). The van der Waals surface area contributed by atoms with E-state index in [1.165, 1.54) is 92.9 Å². The smallest absolute Gasteiger partial charge is 0.0540 e. The van der Waals surface area contributed by atoms with Crippen LogP contribution >= 0.6 is 11.3 Å². The monoisotopic (exact) mass is 659 g/mol. The average Bonchev–Trinajstić information content (AvgIpc) is 3.71. The summed E-state index contributed by atoms with van der Waals surface area (Å²) in [6.07, 6.45) is 0. The van der Waals surface area contributed by atoms with Crippen molar-refractivity contribution in [1.82, 2.24) is 0 Å². The average molecular weight is 660 g/mol. The number of benzene rings is 7. The molecule has 0 radical (unpaired) electrons. The van der Waals surface area contributed by atoms with Gasteiger partial charge in [-0.15, -0.1) is 11.3 Å². The summed E-state index contributed by atoms with van der Waals surface area (Å²) < 4.78 is 2.65. The van der Waals surface area contributed by atoms with Gasteiger partial charge in [0.1, 0.15) is 0 Å². The largest absolute Gasteiger partial charge is 0.310 e. The van der Waals surface area contributed by atoms with E-state index < -0.39 is 0 Å². The van der Waals surface area contributed by atoms with E-state index in [2.05, 4.69) is 184 Å². The molecule has 240 valence electrons. The fourth-order valence-corrected chi connectivity index (χ4v) is 10.1. The second-order valence-corrected chi connectivity index (χ2v) is 16.0. The first kappa shape index (κ1) is 29.5. The number of hydrogen-bond acceptors (Lipinski definition) is 2. The number of nitrogens with zero attached hydrogens (tertiary/aromatic N) is 1. The zero-order valence-electron chi connectivity index (χ0n) is 28.8. The van der Waals surface area contributed by atoms with E-state index in [1.54, 1.807) is 0 Å². The highest BCUT2D eigenvalue weighted by atomic mass is 32.1. The lowest BCUT2D eigenvalue weighted by molar-refractivity contribution is 0.660. The summed E-state index contributed by atoms with van der Waals surface area (Å²) in [5.74, 6) is 0. The van der Waals surface area contributed by atoms with Gasteiger partial charge in [-0.05, 0) is 92.5 Å². The minimum atomic E-state index is -0.0970. The van der Waals surface area contributed by atoms with Crippen molar-refractivity contribution in [2.45, 2.75) is 38.5 Å². The molecule has 7 aromatic carbocycles. The van der Waals surface area contributed by atoms with Gasteiger partial charge >= 0.3 is 0 Å². The molecule has 0 fully saturated rings. The van der Waals surface area contributed by atoms with Gasteiger partial charge in [0.25, 0.3) is 0 Å². The maximum absolute atomic E-state index is 2.50. The van der Waals surface area contributed by atoms with Crippen molar-refractivity contribution in [3.05, 3.63) is 174 Å². The van der Waals surface area contributed by atoms with Gasteiger partial charge in [0.2, 0.25) is 0 Å². The van der Waals surface area contributed by atoms with Gasteiger partial charge in [0, 0.05) is 47.9 Å². The minimum absolute atomic E-state index is 0.0454. The molecule has 0 N–H and O–H groups in total. The molecule has 0 spiro atoms. The third kappa shape index (κ3) is 4.12. The Morgan fingerprint density at radius 1 is 0.400 bits per heavy atom. The molecule has 1 heterocycles.